The third kappa shape index (κ3) is 3.88. The summed E-state index contributed by atoms with van der Waals surface area (Å²) in [6.07, 6.45) is -3.00. The Morgan fingerprint density at radius 2 is 2.08 bits per heavy atom. The molecule has 1 aromatic heterocycles. The predicted molar refractivity (Wildman–Crippen MR) is 86.7 cm³/mol. The van der Waals surface area contributed by atoms with E-state index in [0.717, 1.165) is 18.2 Å². The van der Waals surface area contributed by atoms with Crippen LogP contribution >= 0.6 is 11.6 Å². The summed E-state index contributed by atoms with van der Waals surface area (Å²) in [6, 6.07) is 9.80. The molecule has 1 aliphatic rings. The van der Waals surface area contributed by atoms with Gasteiger partial charge in [0.2, 0.25) is 0 Å². The molecule has 1 atom stereocenters. The fourth-order valence-corrected chi connectivity index (χ4v) is 3.19. The second kappa shape index (κ2) is 7.09. The molecule has 1 aliphatic heterocycles. The zero-order valence-electron chi connectivity index (χ0n) is 12.9. The third-order valence-electron chi connectivity index (χ3n) is 4.14. The lowest BCUT2D eigenvalue weighted by atomic mass is 10.0. The molecular weight excluding hydrogens is 339 g/mol. The largest absolute Gasteiger partial charge is 0.418 e. The number of halogens is 4. The summed E-state index contributed by atoms with van der Waals surface area (Å²) in [6.45, 7) is 2.18. The van der Waals surface area contributed by atoms with Crippen LogP contribution < -0.4 is 5.32 Å². The van der Waals surface area contributed by atoms with Crippen molar-refractivity contribution < 1.29 is 13.2 Å². The van der Waals surface area contributed by atoms with Crippen molar-refractivity contribution in [3.63, 3.8) is 0 Å². The van der Waals surface area contributed by atoms with Crippen LogP contribution in [0.1, 0.15) is 22.9 Å². The topological polar surface area (TPSA) is 28.2 Å². The van der Waals surface area contributed by atoms with Gasteiger partial charge in [0.1, 0.15) is 0 Å². The molecule has 1 unspecified atom stereocenters. The van der Waals surface area contributed by atoms with Gasteiger partial charge in [0.15, 0.2) is 0 Å². The van der Waals surface area contributed by atoms with Gasteiger partial charge in [-0.2, -0.15) is 13.2 Å². The van der Waals surface area contributed by atoms with E-state index in [4.69, 9.17) is 11.6 Å². The van der Waals surface area contributed by atoms with E-state index in [2.05, 4.69) is 10.3 Å². The highest BCUT2D eigenvalue weighted by Crippen LogP contribution is 2.33. The van der Waals surface area contributed by atoms with Crippen LogP contribution in [0, 0.1) is 0 Å². The lowest BCUT2D eigenvalue weighted by Gasteiger charge is -2.36. The number of benzene rings is 1. The van der Waals surface area contributed by atoms with E-state index in [1.165, 1.54) is 12.3 Å². The normalized spacial score (nSPS) is 19.4. The second-order valence-electron chi connectivity index (χ2n) is 5.74. The van der Waals surface area contributed by atoms with Gasteiger partial charge in [-0.05, 0) is 29.8 Å². The van der Waals surface area contributed by atoms with Gasteiger partial charge in [0.05, 0.1) is 11.3 Å². The lowest BCUT2D eigenvalue weighted by Crippen LogP contribution is -2.45. The quantitative estimate of drug-likeness (QED) is 0.905. The zero-order valence-corrected chi connectivity index (χ0v) is 13.6. The monoisotopic (exact) mass is 355 g/mol. The minimum atomic E-state index is -4.40. The van der Waals surface area contributed by atoms with Crippen LogP contribution in [0.2, 0.25) is 5.02 Å². The number of hydrogen-bond acceptors (Lipinski definition) is 3. The highest BCUT2D eigenvalue weighted by Gasteiger charge is 2.35. The predicted octanol–water partition coefficient (Wildman–Crippen LogP) is 3.90. The van der Waals surface area contributed by atoms with E-state index >= 15 is 0 Å². The number of rotatable bonds is 3. The Labute approximate surface area is 143 Å². The summed E-state index contributed by atoms with van der Waals surface area (Å²) in [5.74, 6) is 0. The van der Waals surface area contributed by atoms with Gasteiger partial charge >= 0.3 is 6.18 Å². The molecular formula is C17H17ClF3N3. The second-order valence-corrected chi connectivity index (χ2v) is 6.18. The van der Waals surface area contributed by atoms with E-state index in [9.17, 15) is 13.2 Å². The van der Waals surface area contributed by atoms with Gasteiger partial charge in [-0.15, -0.1) is 0 Å². The van der Waals surface area contributed by atoms with Gasteiger partial charge in [0.25, 0.3) is 0 Å². The number of pyridine rings is 1. The fraction of sp³-hybridized carbons (Fsp3) is 0.353. The molecule has 0 radical (unpaired) electrons. The molecule has 0 amide bonds. The smallest absolute Gasteiger partial charge is 0.314 e. The molecule has 7 heteroatoms. The molecule has 128 valence electrons. The van der Waals surface area contributed by atoms with E-state index in [1.54, 1.807) is 6.07 Å². The highest BCUT2D eigenvalue weighted by molar-refractivity contribution is 6.30. The first kappa shape index (κ1) is 17.2. The van der Waals surface area contributed by atoms with Gasteiger partial charge in [0, 0.05) is 43.4 Å². The van der Waals surface area contributed by atoms with Crippen LogP contribution in [-0.4, -0.2) is 29.5 Å². The van der Waals surface area contributed by atoms with Crippen LogP contribution in [-0.2, 0) is 12.7 Å². The Bertz CT molecular complexity index is 705. The minimum Gasteiger partial charge on any atom is -0.314 e. The number of nitrogens with one attached hydrogen (secondary N) is 1. The summed E-state index contributed by atoms with van der Waals surface area (Å²) in [5, 5.41) is 3.90. The fourth-order valence-electron chi connectivity index (χ4n) is 2.99. The Hall–Kier alpha value is -1.63. The van der Waals surface area contributed by atoms with E-state index in [0.29, 0.717) is 18.1 Å². The average molecular weight is 356 g/mol. The molecule has 2 aromatic rings. The first-order valence-electron chi connectivity index (χ1n) is 7.66. The first-order valence-corrected chi connectivity index (χ1v) is 8.04. The summed E-state index contributed by atoms with van der Waals surface area (Å²) in [7, 11) is 0. The minimum absolute atomic E-state index is 0.0412. The maximum absolute atomic E-state index is 13.2. The SMILES string of the molecule is FC(F)(F)c1cccnc1CN1CCNCC1c1cccc(Cl)c1. The Morgan fingerprint density at radius 3 is 2.83 bits per heavy atom. The van der Waals surface area contributed by atoms with Crippen molar-refractivity contribution in [1.82, 2.24) is 15.2 Å². The van der Waals surface area contributed by atoms with Crippen molar-refractivity contribution >= 4 is 11.6 Å². The molecule has 3 nitrogen and oxygen atoms in total. The molecule has 1 fully saturated rings. The number of aromatic nitrogens is 1. The summed E-state index contributed by atoms with van der Waals surface area (Å²) < 4.78 is 39.6. The van der Waals surface area contributed by atoms with Crippen LogP contribution in [0.25, 0.3) is 0 Å². The summed E-state index contributed by atoms with van der Waals surface area (Å²) in [4.78, 5) is 5.99. The van der Waals surface area contributed by atoms with Crippen LogP contribution in [0.15, 0.2) is 42.6 Å². The molecule has 1 aromatic carbocycles. The van der Waals surface area contributed by atoms with Gasteiger partial charge in [-0.25, -0.2) is 0 Å². The Balaban J connectivity index is 1.88. The van der Waals surface area contributed by atoms with Gasteiger partial charge < -0.3 is 5.32 Å². The molecule has 1 N–H and O–H groups in total. The Morgan fingerprint density at radius 1 is 1.25 bits per heavy atom. The van der Waals surface area contributed by atoms with Crippen molar-refractivity contribution in [3.8, 4) is 0 Å². The molecule has 0 aliphatic carbocycles. The van der Waals surface area contributed by atoms with Crippen LogP contribution in [0.3, 0.4) is 0 Å². The lowest BCUT2D eigenvalue weighted by molar-refractivity contribution is -0.138. The van der Waals surface area contributed by atoms with Crippen molar-refractivity contribution in [3.05, 3.63) is 64.4 Å². The molecule has 2 heterocycles. The highest BCUT2D eigenvalue weighted by atomic mass is 35.5. The number of piperazine rings is 1. The van der Waals surface area contributed by atoms with Crippen LogP contribution in [0.4, 0.5) is 13.2 Å². The van der Waals surface area contributed by atoms with Gasteiger partial charge in [-0.1, -0.05) is 23.7 Å². The maximum Gasteiger partial charge on any atom is 0.418 e. The molecule has 0 bridgehead atoms. The standard InChI is InChI=1S/C17H17ClF3N3/c18-13-4-1-3-12(9-13)16-10-22-7-8-24(16)11-15-14(17(19,20)21)5-2-6-23-15/h1-6,9,16,22H,7-8,10-11H2. The van der Waals surface area contributed by atoms with E-state index in [1.807, 2.05) is 23.1 Å². The zero-order chi connectivity index (χ0) is 17.2. The average Bonchev–Trinajstić information content (AvgIpc) is 2.55. The van der Waals surface area contributed by atoms with Crippen molar-refractivity contribution in [1.29, 1.82) is 0 Å². The third-order valence-corrected chi connectivity index (χ3v) is 4.37. The first-order chi connectivity index (χ1) is 11.4. The number of alkyl halides is 3. The summed E-state index contributed by atoms with van der Waals surface area (Å²) >= 11 is 6.06. The number of hydrogen-bond donors (Lipinski definition) is 1. The number of nitrogens with zero attached hydrogens (tertiary/aromatic N) is 2. The molecule has 0 saturated carbocycles. The molecule has 1 saturated heterocycles. The van der Waals surface area contributed by atoms with Crippen molar-refractivity contribution in [2.45, 2.75) is 18.8 Å². The Kier molecular flexibility index (Phi) is 5.08. The van der Waals surface area contributed by atoms with Crippen molar-refractivity contribution in [2.24, 2.45) is 0 Å². The molecule has 3 rings (SSSR count). The van der Waals surface area contributed by atoms with Crippen LogP contribution in [0.5, 0.6) is 0 Å². The van der Waals surface area contributed by atoms with Crippen molar-refractivity contribution in [2.75, 3.05) is 19.6 Å². The molecule has 0 spiro atoms. The summed E-state index contributed by atoms with van der Waals surface area (Å²) in [5.41, 5.74) is 0.367. The van der Waals surface area contributed by atoms with E-state index in [-0.39, 0.29) is 18.3 Å². The molecule has 24 heavy (non-hydrogen) atoms. The maximum atomic E-state index is 13.2. The van der Waals surface area contributed by atoms with Gasteiger partial charge in [-0.3, -0.25) is 9.88 Å². The van der Waals surface area contributed by atoms with E-state index < -0.39 is 11.7 Å².